The van der Waals surface area contributed by atoms with E-state index >= 15 is 0 Å². The van der Waals surface area contributed by atoms with Crippen molar-refractivity contribution < 1.29 is 14.3 Å². The number of carbonyl (C=O) groups is 2. The van der Waals surface area contributed by atoms with E-state index < -0.39 is 0 Å². The molecule has 0 N–H and O–H groups in total. The normalized spacial score (nSPS) is 15.1. The lowest BCUT2D eigenvalue weighted by Gasteiger charge is -2.37. The Kier molecular flexibility index (Phi) is 7.29. The predicted molar refractivity (Wildman–Crippen MR) is 136 cm³/mol. The summed E-state index contributed by atoms with van der Waals surface area (Å²) < 4.78 is 5.48. The number of aromatic nitrogens is 1. The minimum atomic E-state index is -0.175. The third-order valence-electron chi connectivity index (χ3n) is 5.96. The first-order valence-electron chi connectivity index (χ1n) is 10.8. The Morgan fingerprint density at radius 2 is 1.68 bits per heavy atom. The fourth-order valence-corrected chi connectivity index (χ4v) is 5.25. The quantitative estimate of drug-likeness (QED) is 0.544. The van der Waals surface area contributed by atoms with E-state index in [1.165, 1.54) is 11.8 Å². The van der Waals surface area contributed by atoms with Crippen LogP contribution in [0.5, 0.6) is 5.75 Å². The van der Waals surface area contributed by atoms with Crippen LogP contribution in [0.15, 0.2) is 76.8 Å². The number of hydrogen-bond donors (Lipinski definition) is 0. The predicted octanol–water partition coefficient (Wildman–Crippen LogP) is 3.97. The molecule has 0 bridgehead atoms. The van der Waals surface area contributed by atoms with Gasteiger partial charge in [0.25, 0.3) is 5.91 Å². The van der Waals surface area contributed by atoms with E-state index in [9.17, 15) is 9.59 Å². The van der Waals surface area contributed by atoms with Gasteiger partial charge < -0.3 is 14.5 Å². The van der Waals surface area contributed by atoms with Crippen LogP contribution in [0.4, 0.5) is 11.4 Å². The number of nitrogens with zero attached hydrogens (tertiary/aromatic N) is 4. The molecule has 1 saturated heterocycles. The average Bonchev–Trinajstić information content (AvgIpc) is 2.98. The van der Waals surface area contributed by atoms with Gasteiger partial charge in [-0.1, -0.05) is 36.0 Å². The highest BCUT2D eigenvalue weighted by Crippen LogP contribution is 2.39. The number of pyridine rings is 1. The Hall–Kier alpha value is -3.23. The van der Waals surface area contributed by atoms with Gasteiger partial charge in [-0.25, -0.2) is 4.98 Å². The minimum Gasteiger partial charge on any atom is -0.495 e. The smallest absolute Gasteiger partial charge is 0.259 e. The third-order valence-corrected chi connectivity index (χ3v) is 7.05. The van der Waals surface area contributed by atoms with E-state index in [1.807, 2.05) is 53.4 Å². The zero-order valence-electron chi connectivity index (χ0n) is 18.7. The van der Waals surface area contributed by atoms with Crippen molar-refractivity contribution in [2.45, 2.75) is 9.92 Å². The van der Waals surface area contributed by atoms with Crippen molar-refractivity contribution in [2.24, 2.45) is 0 Å². The Morgan fingerprint density at radius 3 is 2.47 bits per heavy atom. The van der Waals surface area contributed by atoms with Crippen molar-refractivity contribution in [3.05, 3.63) is 72.4 Å². The molecule has 2 aromatic carbocycles. The van der Waals surface area contributed by atoms with Crippen LogP contribution < -0.4 is 14.5 Å². The van der Waals surface area contributed by atoms with Gasteiger partial charge in [-0.3, -0.25) is 14.5 Å². The minimum absolute atomic E-state index is 0. The van der Waals surface area contributed by atoms with Crippen LogP contribution in [-0.4, -0.2) is 61.5 Å². The molecule has 0 saturated carbocycles. The molecule has 1 fully saturated rings. The molecule has 5 rings (SSSR count). The highest BCUT2D eigenvalue weighted by atomic mass is 35.5. The summed E-state index contributed by atoms with van der Waals surface area (Å²) in [4.78, 5) is 37.6. The number of halogens is 1. The van der Waals surface area contributed by atoms with E-state index in [2.05, 4.69) is 9.88 Å². The number of anilines is 2. The molecular weight excluding hydrogens is 472 g/mol. The van der Waals surface area contributed by atoms with Gasteiger partial charge in [-0.15, -0.1) is 12.4 Å². The van der Waals surface area contributed by atoms with Crippen LogP contribution in [0, 0.1) is 0 Å². The van der Waals surface area contributed by atoms with E-state index in [1.54, 1.807) is 30.3 Å². The maximum absolute atomic E-state index is 13.4. The molecule has 1 aromatic heterocycles. The fraction of sp³-hybridized carbons (Fsp3) is 0.240. The molecule has 3 aromatic rings. The van der Waals surface area contributed by atoms with Crippen molar-refractivity contribution >= 4 is 47.4 Å². The molecule has 9 heteroatoms. The van der Waals surface area contributed by atoms with Crippen molar-refractivity contribution in [3.8, 4) is 5.75 Å². The van der Waals surface area contributed by atoms with E-state index in [4.69, 9.17) is 4.74 Å². The Balaban J connectivity index is 0.00000274. The number of para-hydroxylation sites is 2. The lowest BCUT2D eigenvalue weighted by Crippen LogP contribution is -2.52. The number of benzene rings is 2. The zero-order chi connectivity index (χ0) is 22.8. The van der Waals surface area contributed by atoms with Crippen molar-refractivity contribution in [1.29, 1.82) is 0 Å². The van der Waals surface area contributed by atoms with Crippen molar-refractivity contribution in [2.75, 3.05) is 49.6 Å². The van der Waals surface area contributed by atoms with Crippen molar-refractivity contribution in [3.63, 3.8) is 0 Å². The number of ether oxygens (including phenoxy) is 1. The van der Waals surface area contributed by atoms with E-state index in [-0.39, 0.29) is 30.8 Å². The Morgan fingerprint density at radius 1 is 0.971 bits per heavy atom. The summed E-state index contributed by atoms with van der Waals surface area (Å²) in [6, 6.07) is 19.0. The molecule has 0 aliphatic carbocycles. The van der Waals surface area contributed by atoms with Crippen LogP contribution in [0.2, 0.25) is 0 Å². The van der Waals surface area contributed by atoms with E-state index in [0.29, 0.717) is 37.4 Å². The highest BCUT2D eigenvalue weighted by molar-refractivity contribution is 7.99. The summed E-state index contributed by atoms with van der Waals surface area (Å²) in [5, 5.41) is 0.726. The summed E-state index contributed by atoms with van der Waals surface area (Å²) in [5.41, 5.74) is 2.29. The molecule has 2 amide bonds. The summed E-state index contributed by atoms with van der Waals surface area (Å²) >= 11 is 1.46. The van der Waals surface area contributed by atoms with Gasteiger partial charge in [0, 0.05) is 37.3 Å². The van der Waals surface area contributed by atoms with Gasteiger partial charge in [-0.2, -0.15) is 0 Å². The molecule has 0 spiro atoms. The van der Waals surface area contributed by atoms with Crippen LogP contribution in [0.1, 0.15) is 10.4 Å². The SMILES string of the molecule is COc1ccccc1N1CCN(C(=O)CN2C(=O)c3ccccc3Sc3ncccc32)CC1.Cl. The average molecular weight is 497 g/mol. The van der Waals surface area contributed by atoms with Crippen LogP contribution in [-0.2, 0) is 4.79 Å². The van der Waals surface area contributed by atoms with Crippen LogP contribution >= 0.6 is 24.2 Å². The highest BCUT2D eigenvalue weighted by Gasteiger charge is 2.31. The topological polar surface area (TPSA) is 66.0 Å². The standard InChI is InChI=1S/C25H24N4O3S.ClH/c1-32-21-10-4-3-8-19(21)27-13-15-28(16-14-27)23(30)17-29-20-9-6-12-26-24(20)33-22-11-5-2-7-18(22)25(29)31;/h2-12H,13-17H2,1H3;1H. The number of hydrogen-bond acceptors (Lipinski definition) is 6. The fourth-order valence-electron chi connectivity index (χ4n) is 4.24. The molecule has 0 radical (unpaired) electrons. The summed E-state index contributed by atoms with van der Waals surface area (Å²) in [6.45, 7) is 2.57. The summed E-state index contributed by atoms with van der Waals surface area (Å²) in [6.07, 6.45) is 1.71. The lowest BCUT2D eigenvalue weighted by molar-refractivity contribution is -0.129. The summed E-state index contributed by atoms with van der Waals surface area (Å²) in [7, 11) is 1.67. The second kappa shape index (κ2) is 10.4. The number of carbonyl (C=O) groups excluding carboxylic acids is 2. The van der Waals surface area contributed by atoms with Gasteiger partial charge in [0.2, 0.25) is 5.91 Å². The number of piperazine rings is 1. The molecule has 2 aliphatic heterocycles. The monoisotopic (exact) mass is 496 g/mol. The zero-order valence-corrected chi connectivity index (χ0v) is 20.3. The molecule has 3 heterocycles. The molecule has 7 nitrogen and oxygen atoms in total. The first-order valence-corrected chi connectivity index (χ1v) is 11.7. The molecule has 34 heavy (non-hydrogen) atoms. The number of methoxy groups -OCH3 is 1. The molecular formula is C25H25ClN4O3S. The first-order chi connectivity index (χ1) is 16.2. The second-order valence-corrected chi connectivity index (χ2v) is 8.89. The number of fused-ring (bicyclic) bond motifs is 2. The van der Waals surface area contributed by atoms with E-state index in [0.717, 1.165) is 21.4 Å². The van der Waals surface area contributed by atoms with Crippen LogP contribution in [0.3, 0.4) is 0 Å². The first kappa shape index (κ1) is 23.9. The second-order valence-electron chi connectivity index (χ2n) is 7.86. The molecule has 2 aliphatic rings. The number of amides is 2. The van der Waals surface area contributed by atoms with Gasteiger partial charge in [0.05, 0.1) is 24.0 Å². The number of rotatable bonds is 4. The third kappa shape index (κ3) is 4.56. The van der Waals surface area contributed by atoms with Gasteiger partial charge in [0.1, 0.15) is 17.3 Å². The van der Waals surface area contributed by atoms with Crippen LogP contribution in [0.25, 0.3) is 0 Å². The molecule has 0 unspecified atom stereocenters. The summed E-state index contributed by atoms with van der Waals surface area (Å²) in [5.74, 6) is 0.584. The van der Waals surface area contributed by atoms with Gasteiger partial charge in [0.15, 0.2) is 0 Å². The largest absolute Gasteiger partial charge is 0.495 e. The van der Waals surface area contributed by atoms with Crippen molar-refractivity contribution in [1.82, 2.24) is 9.88 Å². The van der Waals surface area contributed by atoms with Gasteiger partial charge in [-0.05, 0) is 36.4 Å². The Labute approximate surface area is 209 Å². The molecule has 0 atom stereocenters. The molecule has 176 valence electrons. The lowest BCUT2D eigenvalue weighted by atomic mass is 10.2. The van der Waals surface area contributed by atoms with Gasteiger partial charge >= 0.3 is 0 Å². The maximum Gasteiger partial charge on any atom is 0.259 e. The Bertz CT molecular complexity index is 1200. The maximum atomic E-state index is 13.4.